The molecule has 0 aliphatic heterocycles. The number of fused-ring (bicyclic) bond motifs is 1. The molecule has 0 aliphatic rings. The van der Waals surface area contributed by atoms with Crippen LogP contribution >= 0.6 is 0 Å². The average Bonchev–Trinajstić information content (AvgIpc) is 2.68. The van der Waals surface area contributed by atoms with Crippen molar-refractivity contribution in [3.05, 3.63) is 35.1 Å². The van der Waals surface area contributed by atoms with E-state index in [1.54, 1.807) is 6.92 Å². The molecule has 2 aromatic rings. The lowest BCUT2D eigenvalue weighted by Gasteiger charge is -2.20. The van der Waals surface area contributed by atoms with Crippen LogP contribution in [0.1, 0.15) is 35.5 Å². The molecule has 106 valence electrons. The van der Waals surface area contributed by atoms with E-state index in [9.17, 15) is 9.59 Å². The molecule has 0 radical (unpaired) electrons. The van der Waals surface area contributed by atoms with Crippen molar-refractivity contribution in [3.63, 3.8) is 0 Å². The van der Waals surface area contributed by atoms with E-state index in [1.807, 2.05) is 25.1 Å². The number of hydrogen-bond donors (Lipinski definition) is 2. The Morgan fingerprint density at radius 3 is 2.45 bits per heavy atom. The Kier molecular flexibility index (Phi) is 3.29. The summed E-state index contributed by atoms with van der Waals surface area (Å²) in [6.07, 6.45) is 0. The number of aryl methyl sites for hydroxylation is 2. The number of carbonyl (C=O) groups excluding carboxylic acids is 1. The predicted octanol–water partition coefficient (Wildman–Crippen LogP) is 2.64. The minimum absolute atomic E-state index is 0.156. The molecule has 0 saturated carbocycles. The van der Waals surface area contributed by atoms with Crippen LogP contribution in [-0.4, -0.2) is 22.5 Å². The third-order valence-electron chi connectivity index (χ3n) is 3.33. The number of carbonyl (C=O) groups is 2. The van der Waals surface area contributed by atoms with Gasteiger partial charge >= 0.3 is 5.97 Å². The summed E-state index contributed by atoms with van der Waals surface area (Å²) in [4.78, 5) is 23.3. The van der Waals surface area contributed by atoms with E-state index < -0.39 is 17.4 Å². The fourth-order valence-electron chi connectivity index (χ4n) is 1.99. The van der Waals surface area contributed by atoms with E-state index >= 15 is 0 Å². The minimum Gasteiger partial charge on any atom is -0.480 e. The number of benzene rings is 1. The van der Waals surface area contributed by atoms with Gasteiger partial charge in [0.15, 0.2) is 5.76 Å². The maximum absolute atomic E-state index is 12.2. The maximum atomic E-state index is 12.2. The zero-order valence-corrected chi connectivity index (χ0v) is 11.9. The van der Waals surface area contributed by atoms with E-state index in [-0.39, 0.29) is 5.76 Å². The highest BCUT2D eigenvalue weighted by Crippen LogP contribution is 2.27. The van der Waals surface area contributed by atoms with Crippen molar-refractivity contribution in [3.8, 4) is 0 Å². The molecule has 1 amide bonds. The lowest BCUT2D eigenvalue weighted by Crippen LogP contribution is -2.49. The molecule has 5 heteroatoms. The largest absolute Gasteiger partial charge is 0.480 e. The Labute approximate surface area is 116 Å². The van der Waals surface area contributed by atoms with Gasteiger partial charge in [-0.2, -0.15) is 0 Å². The summed E-state index contributed by atoms with van der Waals surface area (Å²) in [5.74, 6) is -1.47. The Morgan fingerprint density at radius 2 is 1.90 bits per heavy atom. The second-order valence-corrected chi connectivity index (χ2v) is 5.39. The van der Waals surface area contributed by atoms with E-state index in [0.717, 1.165) is 10.9 Å². The van der Waals surface area contributed by atoms with Gasteiger partial charge < -0.3 is 14.8 Å². The molecule has 0 atom stereocenters. The van der Waals surface area contributed by atoms with Crippen LogP contribution in [0.25, 0.3) is 11.0 Å². The van der Waals surface area contributed by atoms with Gasteiger partial charge in [-0.25, -0.2) is 4.79 Å². The number of amides is 1. The smallest absolute Gasteiger partial charge is 0.328 e. The van der Waals surface area contributed by atoms with Crippen LogP contribution in [-0.2, 0) is 4.79 Å². The summed E-state index contributed by atoms with van der Waals surface area (Å²) in [6, 6.07) is 5.66. The molecular weight excluding hydrogens is 258 g/mol. The Balaban J connectivity index is 2.44. The van der Waals surface area contributed by atoms with Gasteiger partial charge in [0.25, 0.3) is 5.91 Å². The topological polar surface area (TPSA) is 79.5 Å². The van der Waals surface area contributed by atoms with Crippen molar-refractivity contribution in [1.82, 2.24) is 5.32 Å². The molecule has 20 heavy (non-hydrogen) atoms. The van der Waals surface area contributed by atoms with Crippen molar-refractivity contribution >= 4 is 22.8 Å². The molecular formula is C15H17NO4. The quantitative estimate of drug-likeness (QED) is 0.902. The molecule has 0 aliphatic carbocycles. The zero-order chi connectivity index (χ0) is 15.1. The predicted molar refractivity (Wildman–Crippen MR) is 74.9 cm³/mol. The molecule has 0 spiro atoms. The lowest BCUT2D eigenvalue weighted by molar-refractivity contribution is -0.143. The fourth-order valence-corrected chi connectivity index (χ4v) is 1.99. The second kappa shape index (κ2) is 4.67. The summed E-state index contributed by atoms with van der Waals surface area (Å²) in [7, 11) is 0. The molecule has 1 aromatic heterocycles. The molecule has 5 nitrogen and oxygen atoms in total. The van der Waals surface area contributed by atoms with E-state index in [4.69, 9.17) is 9.52 Å². The van der Waals surface area contributed by atoms with Gasteiger partial charge in [0, 0.05) is 10.9 Å². The molecule has 0 saturated heterocycles. The van der Waals surface area contributed by atoms with Crippen molar-refractivity contribution in [1.29, 1.82) is 0 Å². The number of rotatable bonds is 3. The van der Waals surface area contributed by atoms with Crippen molar-refractivity contribution < 1.29 is 19.1 Å². The second-order valence-electron chi connectivity index (χ2n) is 5.39. The third kappa shape index (κ3) is 2.27. The summed E-state index contributed by atoms with van der Waals surface area (Å²) in [5, 5.41) is 12.4. The Morgan fingerprint density at radius 1 is 1.25 bits per heavy atom. The first-order chi connectivity index (χ1) is 9.24. The van der Waals surface area contributed by atoms with Gasteiger partial charge in [-0.15, -0.1) is 0 Å². The van der Waals surface area contributed by atoms with Crippen molar-refractivity contribution in [2.24, 2.45) is 0 Å². The number of carboxylic acids is 1. The van der Waals surface area contributed by atoms with Crippen molar-refractivity contribution in [2.75, 3.05) is 0 Å². The first-order valence-electron chi connectivity index (χ1n) is 6.28. The molecule has 1 heterocycles. The van der Waals surface area contributed by atoms with Gasteiger partial charge in [-0.05, 0) is 33.3 Å². The number of para-hydroxylation sites is 1. The van der Waals surface area contributed by atoms with E-state index in [0.29, 0.717) is 11.1 Å². The Bertz CT molecular complexity index is 697. The van der Waals surface area contributed by atoms with Crippen LogP contribution in [0, 0.1) is 13.8 Å². The summed E-state index contributed by atoms with van der Waals surface area (Å²) >= 11 is 0. The van der Waals surface area contributed by atoms with Gasteiger partial charge in [0.05, 0.1) is 0 Å². The number of hydrogen-bond acceptors (Lipinski definition) is 3. The molecule has 0 unspecified atom stereocenters. The molecule has 2 rings (SSSR count). The van der Waals surface area contributed by atoms with Gasteiger partial charge in [-0.3, -0.25) is 4.79 Å². The molecule has 0 fully saturated rings. The highest BCUT2D eigenvalue weighted by atomic mass is 16.4. The van der Waals surface area contributed by atoms with Crippen LogP contribution in [0.3, 0.4) is 0 Å². The monoisotopic (exact) mass is 275 g/mol. The van der Waals surface area contributed by atoms with E-state index in [2.05, 4.69) is 5.32 Å². The SMILES string of the molecule is Cc1c(C(=O)NC(C)(C)C(=O)O)oc2c(C)cccc12. The highest BCUT2D eigenvalue weighted by Gasteiger charge is 2.31. The first kappa shape index (κ1) is 14.1. The summed E-state index contributed by atoms with van der Waals surface area (Å²) in [5.41, 5.74) is 0.949. The van der Waals surface area contributed by atoms with Gasteiger partial charge in [0.1, 0.15) is 11.1 Å². The summed E-state index contributed by atoms with van der Waals surface area (Å²) < 4.78 is 5.61. The molecule has 2 N–H and O–H groups in total. The first-order valence-corrected chi connectivity index (χ1v) is 6.28. The number of nitrogens with one attached hydrogen (secondary N) is 1. The van der Waals surface area contributed by atoms with E-state index in [1.165, 1.54) is 13.8 Å². The van der Waals surface area contributed by atoms with Gasteiger partial charge in [-0.1, -0.05) is 18.2 Å². The number of carboxylic acid groups (broad SMARTS) is 1. The third-order valence-corrected chi connectivity index (χ3v) is 3.33. The van der Waals surface area contributed by atoms with Gasteiger partial charge in [0.2, 0.25) is 0 Å². The van der Waals surface area contributed by atoms with Crippen LogP contribution in [0.4, 0.5) is 0 Å². The maximum Gasteiger partial charge on any atom is 0.328 e. The molecule has 0 bridgehead atoms. The number of aliphatic carboxylic acids is 1. The fraction of sp³-hybridized carbons (Fsp3) is 0.333. The highest BCUT2D eigenvalue weighted by molar-refractivity contribution is 6.01. The van der Waals surface area contributed by atoms with Crippen LogP contribution in [0.15, 0.2) is 22.6 Å². The Hall–Kier alpha value is -2.30. The van der Waals surface area contributed by atoms with Crippen LogP contribution in [0.5, 0.6) is 0 Å². The minimum atomic E-state index is -1.35. The average molecular weight is 275 g/mol. The van der Waals surface area contributed by atoms with Crippen molar-refractivity contribution in [2.45, 2.75) is 33.2 Å². The summed E-state index contributed by atoms with van der Waals surface area (Å²) in [6.45, 7) is 6.54. The number of furan rings is 1. The van der Waals surface area contributed by atoms with Crippen LogP contribution < -0.4 is 5.32 Å². The standard InChI is InChI=1S/C15H17NO4/c1-8-6-5-7-10-9(2)12(20-11(8)10)13(17)16-15(3,4)14(18)19/h5-7H,1-4H3,(H,16,17)(H,18,19). The lowest BCUT2D eigenvalue weighted by atomic mass is 10.1. The normalized spacial score (nSPS) is 11.6. The molecule has 1 aromatic carbocycles. The zero-order valence-electron chi connectivity index (χ0n) is 11.9. The van der Waals surface area contributed by atoms with Crippen LogP contribution in [0.2, 0.25) is 0 Å².